The molecule has 2 bridgehead atoms. The van der Waals surface area contributed by atoms with E-state index in [0.29, 0.717) is 56.1 Å². The van der Waals surface area contributed by atoms with Gasteiger partial charge in [-0.2, -0.15) is 0 Å². The number of oxazole rings is 1. The molecule has 1 unspecified atom stereocenters. The third-order valence-electron chi connectivity index (χ3n) is 9.82. The van der Waals surface area contributed by atoms with Crippen LogP contribution in [0.1, 0.15) is 82.4 Å². The summed E-state index contributed by atoms with van der Waals surface area (Å²) in [6, 6.07) is -1.12. The lowest BCUT2D eigenvalue weighted by Gasteiger charge is -2.64. The second-order valence-electron chi connectivity index (χ2n) is 13.5. The molecule has 6 atom stereocenters. The number of nitrogens with one attached hydrogen (secondary N) is 2. The highest BCUT2D eigenvalue weighted by molar-refractivity contribution is 6.48. The van der Waals surface area contributed by atoms with Crippen LogP contribution in [0.2, 0.25) is 0 Å². The molecular weight excluding hydrogens is 527 g/mol. The van der Waals surface area contributed by atoms with Crippen LogP contribution in [-0.4, -0.2) is 84.7 Å². The highest BCUT2D eigenvalue weighted by Gasteiger charge is 2.68. The molecule has 3 aliphatic carbocycles. The number of amides is 3. The minimum absolute atomic E-state index is 0.0214. The van der Waals surface area contributed by atoms with Gasteiger partial charge in [0.1, 0.15) is 6.04 Å². The molecule has 11 nitrogen and oxygen atoms in total. The zero-order chi connectivity index (χ0) is 29.7. The number of carbonyl (C=O) groups excluding carboxylic acids is 3. The van der Waals surface area contributed by atoms with Gasteiger partial charge in [-0.3, -0.25) is 14.4 Å². The summed E-state index contributed by atoms with van der Waals surface area (Å²) in [5.74, 6) is -0.1000. The molecule has 5 fully saturated rings. The molecule has 2 N–H and O–H groups in total. The summed E-state index contributed by atoms with van der Waals surface area (Å²) in [6.07, 6.45) is 2.49. The Kier molecular flexibility index (Phi) is 8.30. The monoisotopic (exact) mass is 572 g/mol. The molecule has 1 aromatic heterocycles. The quantitative estimate of drug-likeness (QED) is 0.432. The Morgan fingerprint density at radius 3 is 2.41 bits per heavy atom. The first-order valence-electron chi connectivity index (χ1n) is 15.0. The topological polar surface area (TPSA) is 132 Å². The SMILES string of the molecule is Cc1nc(C)c(C(=O)NC(CC(=O)N2CCOCC2)C(=O)N[C@@H](CC(C)C)B2O[C@@H]3C[C@@H]4C[C@@H](C4(C)C)[C@]3(C)O2)o1. The van der Waals surface area contributed by atoms with E-state index in [1.54, 1.807) is 18.7 Å². The van der Waals surface area contributed by atoms with Crippen molar-refractivity contribution < 1.29 is 32.8 Å². The van der Waals surface area contributed by atoms with Gasteiger partial charge in [0, 0.05) is 20.0 Å². The summed E-state index contributed by atoms with van der Waals surface area (Å²) in [7, 11) is -0.614. The fraction of sp³-hybridized carbons (Fsp3) is 0.793. The molecule has 0 aromatic carbocycles. The minimum atomic E-state index is -1.12. The van der Waals surface area contributed by atoms with Gasteiger partial charge in [-0.15, -0.1) is 0 Å². The Labute approximate surface area is 242 Å². The first-order chi connectivity index (χ1) is 19.3. The van der Waals surface area contributed by atoms with Crippen LogP contribution in [0.4, 0.5) is 0 Å². The minimum Gasteiger partial charge on any atom is -0.436 e. The van der Waals surface area contributed by atoms with Gasteiger partial charge >= 0.3 is 7.12 Å². The average Bonchev–Trinajstić information content (AvgIpc) is 3.45. The highest BCUT2D eigenvalue weighted by Crippen LogP contribution is 2.65. The molecule has 0 radical (unpaired) electrons. The molecule has 5 aliphatic rings. The van der Waals surface area contributed by atoms with Crippen LogP contribution in [0.5, 0.6) is 0 Å². The lowest BCUT2D eigenvalue weighted by Crippen LogP contribution is -2.65. The zero-order valence-electron chi connectivity index (χ0n) is 25.5. The maximum absolute atomic E-state index is 13.9. The predicted molar refractivity (Wildman–Crippen MR) is 151 cm³/mol. The molecule has 226 valence electrons. The normalized spacial score (nSPS) is 29.9. The molecule has 3 saturated carbocycles. The zero-order valence-corrected chi connectivity index (χ0v) is 25.5. The molecule has 0 spiro atoms. The van der Waals surface area contributed by atoms with Gasteiger partial charge in [-0.1, -0.05) is 27.7 Å². The summed E-state index contributed by atoms with van der Waals surface area (Å²) >= 11 is 0. The van der Waals surface area contributed by atoms with Crippen molar-refractivity contribution in [2.75, 3.05) is 26.3 Å². The van der Waals surface area contributed by atoms with Crippen LogP contribution in [-0.2, 0) is 23.6 Å². The third kappa shape index (κ3) is 5.79. The maximum atomic E-state index is 13.9. The van der Waals surface area contributed by atoms with E-state index in [-0.39, 0.29) is 35.5 Å². The molecule has 12 heteroatoms. The third-order valence-corrected chi connectivity index (χ3v) is 9.82. The molecule has 3 amide bonds. The molecule has 2 aliphatic heterocycles. The van der Waals surface area contributed by atoms with Crippen LogP contribution in [0.15, 0.2) is 4.42 Å². The van der Waals surface area contributed by atoms with Crippen molar-refractivity contribution in [3.63, 3.8) is 0 Å². The van der Waals surface area contributed by atoms with Gasteiger partial charge in [0.05, 0.1) is 43.0 Å². The Morgan fingerprint density at radius 1 is 1.10 bits per heavy atom. The van der Waals surface area contributed by atoms with E-state index >= 15 is 0 Å². The van der Waals surface area contributed by atoms with Crippen molar-refractivity contribution in [1.82, 2.24) is 20.5 Å². The van der Waals surface area contributed by atoms with E-state index in [4.69, 9.17) is 18.5 Å². The Hall–Kier alpha value is -2.44. The Morgan fingerprint density at radius 2 is 1.80 bits per heavy atom. The van der Waals surface area contributed by atoms with Crippen LogP contribution < -0.4 is 10.6 Å². The summed E-state index contributed by atoms with van der Waals surface area (Å²) in [5.41, 5.74) is 0.207. The number of morpholine rings is 1. The molecule has 2 saturated heterocycles. The maximum Gasteiger partial charge on any atom is 0.481 e. The van der Waals surface area contributed by atoms with Crippen molar-refractivity contribution >= 4 is 24.8 Å². The van der Waals surface area contributed by atoms with Crippen molar-refractivity contribution in [1.29, 1.82) is 0 Å². The van der Waals surface area contributed by atoms with Crippen molar-refractivity contribution in [3.05, 3.63) is 17.3 Å². The van der Waals surface area contributed by atoms with Gasteiger partial charge < -0.3 is 34.0 Å². The van der Waals surface area contributed by atoms with Gasteiger partial charge in [0.2, 0.25) is 17.6 Å². The standard InChI is InChI=1S/C29H45BN4O7/c1-16(2)12-23(30-40-22-14-19-13-21(28(19,5)6)29(22,7)41-30)33-26(36)20(15-24(35)34-8-10-38-11-9-34)32-27(37)25-17(3)31-18(4)39-25/h16,19-23H,8-15H2,1-7H3,(H,32,37)(H,33,36)/t19-,20?,21-,22+,23-,29-/m0/s1. The number of aryl methyl sites for hydroxylation is 2. The van der Waals surface area contributed by atoms with Crippen molar-refractivity contribution in [3.8, 4) is 0 Å². The molecule has 6 rings (SSSR count). The van der Waals surface area contributed by atoms with E-state index in [9.17, 15) is 14.4 Å². The number of aromatic nitrogens is 1. The highest BCUT2D eigenvalue weighted by atomic mass is 16.7. The fourth-order valence-electron chi connectivity index (χ4n) is 7.39. The van der Waals surface area contributed by atoms with Gasteiger partial charge in [0.25, 0.3) is 5.91 Å². The lowest BCUT2D eigenvalue weighted by atomic mass is 9.43. The van der Waals surface area contributed by atoms with Crippen LogP contribution in [0.3, 0.4) is 0 Å². The van der Waals surface area contributed by atoms with E-state index in [1.165, 1.54) is 0 Å². The van der Waals surface area contributed by atoms with Gasteiger partial charge in [0.15, 0.2) is 5.89 Å². The number of carbonyl (C=O) groups is 3. The second kappa shape index (κ2) is 11.3. The summed E-state index contributed by atoms with van der Waals surface area (Å²) in [4.78, 5) is 46.0. The van der Waals surface area contributed by atoms with Crippen LogP contribution >= 0.6 is 0 Å². The first kappa shape index (κ1) is 30.0. The van der Waals surface area contributed by atoms with Crippen molar-refractivity contribution in [2.24, 2.45) is 23.2 Å². The molecule has 41 heavy (non-hydrogen) atoms. The summed E-state index contributed by atoms with van der Waals surface area (Å²) in [5, 5.41) is 5.85. The lowest BCUT2D eigenvalue weighted by molar-refractivity contribution is -0.199. The van der Waals surface area contributed by atoms with Gasteiger partial charge in [-0.25, -0.2) is 4.98 Å². The number of hydrogen-bond acceptors (Lipinski definition) is 8. The molecule has 1 aromatic rings. The van der Waals surface area contributed by atoms with Crippen molar-refractivity contribution in [2.45, 2.75) is 97.8 Å². The van der Waals surface area contributed by atoms with Crippen LogP contribution in [0, 0.1) is 37.0 Å². The van der Waals surface area contributed by atoms with E-state index in [1.807, 2.05) is 0 Å². The largest absolute Gasteiger partial charge is 0.481 e. The fourth-order valence-corrected chi connectivity index (χ4v) is 7.39. The number of hydrogen-bond donors (Lipinski definition) is 2. The van der Waals surface area contributed by atoms with E-state index in [0.717, 1.165) is 12.8 Å². The molecular formula is C29H45BN4O7. The predicted octanol–water partition coefficient (Wildman–Crippen LogP) is 2.44. The smallest absolute Gasteiger partial charge is 0.436 e. The van der Waals surface area contributed by atoms with Gasteiger partial charge in [-0.05, 0) is 56.3 Å². The first-order valence-corrected chi connectivity index (χ1v) is 15.0. The van der Waals surface area contributed by atoms with E-state index in [2.05, 4.69) is 50.2 Å². The Balaban J connectivity index is 1.33. The second-order valence-corrected chi connectivity index (χ2v) is 13.5. The van der Waals surface area contributed by atoms with Crippen LogP contribution in [0.25, 0.3) is 0 Å². The average molecular weight is 573 g/mol. The Bertz CT molecular complexity index is 1170. The number of ether oxygens (including phenoxy) is 1. The molecule has 3 heterocycles. The number of rotatable bonds is 9. The number of nitrogens with zero attached hydrogens (tertiary/aromatic N) is 2. The van der Waals surface area contributed by atoms with E-state index < -0.39 is 36.5 Å². The summed E-state index contributed by atoms with van der Waals surface area (Å²) < 4.78 is 24.1. The summed E-state index contributed by atoms with van der Waals surface area (Å²) in [6.45, 7) is 16.0.